The minimum atomic E-state index is -0.219. The Labute approximate surface area is 151 Å². The number of ether oxygens (including phenoxy) is 1. The average molecular weight is 369 g/mol. The summed E-state index contributed by atoms with van der Waals surface area (Å²) in [6.45, 7) is 8.17. The Morgan fingerprint density at radius 3 is 2.67 bits per heavy atom. The molecule has 3 heterocycles. The summed E-state index contributed by atoms with van der Waals surface area (Å²) in [5, 5.41) is 0.974. The zero-order valence-corrected chi connectivity index (χ0v) is 16.0. The average Bonchev–Trinajstić information content (AvgIpc) is 3.06. The predicted octanol–water partition coefficient (Wildman–Crippen LogP) is 2.31. The van der Waals surface area contributed by atoms with E-state index in [1.54, 1.807) is 17.8 Å². The van der Waals surface area contributed by atoms with E-state index in [-0.39, 0.29) is 23.9 Å². The fourth-order valence-electron chi connectivity index (χ4n) is 3.13. The molecule has 2 fully saturated rings. The quantitative estimate of drug-likeness (QED) is 0.563. The van der Waals surface area contributed by atoms with Crippen molar-refractivity contribution in [1.29, 1.82) is 0 Å². The van der Waals surface area contributed by atoms with Crippen LogP contribution in [0.4, 0.5) is 0 Å². The lowest BCUT2D eigenvalue weighted by Crippen LogP contribution is -2.37. The SMILES string of the molecule is CC(C)OC(=O)C1=C2SCC(=CC(=O)N3CCSCC3)N2CC1C. The highest BCUT2D eigenvalue weighted by Gasteiger charge is 2.39. The van der Waals surface area contributed by atoms with Crippen molar-refractivity contribution in [1.82, 2.24) is 9.80 Å². The van der Waals surface area contributed by atoms with Gasteiger partial charge in [-0.05, 0) is 13.8 Å². The van der Waals surface area contributed by atoms with E-state index in [9.17, 15) is 9.59 Å². The third-order valence-corrected chi connectivity index (χ3v) is 6.40. The molecule has 1 atom stereocenters. The van der Waals surface area contributed by atoms with Crippen LogP contribution in [-0.4, -0.2) is 64.7 Å². The topological polar surface area (TPSA) is 49.9 Å². The fourth-order valence-corrected chi connectivity index (χ4v) is 5.35. The van der Waals surface area contributed by atoms with E-state index in [4.69, 9.17) is 4.74 Å². The molecule has 5 nitrogen and oxygen atoms in total. The molecule has 0 aliphatic carbocycles. The molecule has 1 unspecified atom stereocenters. The second-order valence-electron chi connectivity index (χ2n) is 6.55. The van der Waals surface area contributed by atoms with Crippen molar-refractivity contribution in [3.8, 4) is 0 Å². The van der Waals surface area contributed by atoms with Crippen molar-refractivity contribution < 1.29 is 14.3 Å². The largest absolute Gasteiger partial charge is 0.460 e. The van der Waals surface area contributed by atoms with Crippen LogP contribution in [0.3, 0.4) is 0 Å². The van der Waals surface area contributed by atoms with E-state index >= 15 is 0 Å². The van der Waals surface area contributed by atoms with Gasteiger partial charge in [0.05, 0.1) is 16.7 Å². The summed E-state index contributed by atoms with van der Waals surface area (Å²) in [4.78, 5) is 28.9. The minimum Gasteiger partial charge on any atom is -0.460 e. The first-order valence-corrected chi connectivity index (χ1v) is 10.5. The van der Waals surface area contributed by atoms with Crippen molar-refractivity contribution in [3.63, 3.8) is 0 Å². The first-order chi connectivity index (χ1) is 11.5. The predicted molar refractivity (Wildman–Crippen MR) is 98.6 cm³/mol. The Morgan fingerprint density at radius 1 is 1.29 bits per heavy atom. The van der Waals surface area contributed by atoms with Crippen LogP contribution < -0.4 is 0 Å². The van der Waals surface area contributed by atoms with Crippen molar-refractivity contribution in [3.05, 3.63) is 22.4 Å². The molecule has 0 saturated carbocycles. The van der Waals surface area contributed by atoms with E-state index < -0.39 is 0 Å². The van der Waals surface area contributed by atoms with Gasteiger partial charge in [-0.15, -0.1) is 11.8 Å². The summed E-state index contributed by atoms with van der Waals surface area (Å²) in [5.74, 6) is 2.78. The lowest BCUT2D eigenvalue weighted by atomic mass is 10.1. The highest BCUT2D eigenvalue weighted by Crippen LogP contribution is 2.45. The number of nitrogens with zero attached hydrogens (tertiary/aromatic N) is 2. The normalized spacial score (nSPS) is 25.7. The molecular formula is C17H24N2O3S2. The number of rotatable bonds is 3. The van der Waals surface area contributed by atoms with Crippen LogP contribution in [0.2, 0.25) is 0 Å². The fraction of sp³-hybridized carbons (Fsp3) is 0.647. The summed E-state index contributed by atoms with van der Waals surface area (Å²) in [7, 11) is 0. The summed E-state index contributed by atoms with van der Waals surface area (Å²) in [6.07, 6.45) is 1.64. The van der Waals surface area contributed by atoms with Gasteiger partial charge in [-0.3, -0.25) is 4.79 Å². The number of amides is 1. The molecule has 0 aromatic heterocycles. The standard InChI is InChI=1S/C17H24N2O3S2/c1-11(2)22-17(21)15-12(3)9-19-13(10-24-16(15)19)8-14(20)18-4-6-23-7-5-18/h8,11-12H,4-7,9-10H2,1-3H3. The molecule has 2 saturated heterocycles. The molecule has 3 aliphatic heterocycles. The van der Waals surface area contributed by atoms with Crippen molar-refractivity contribution in [2.75, 3.05) is 36.9 Å². The maximum atomic E-state index is 12.5. The van der Waals surface area contributed by atoms with Crippen molar-refractivity contribution >= 4 is 35.4 Å². The molecular weight excluding hydrogens is 344 g/mol. The van der Waals surface area contributed by atoms with E-state index in [2.05, 4.69) is 4.90 Å². The Balaban J connectivity index is 1.76. The molecule has 7 heteroatoms. The maximum Gasteiger partial charge on any atom is 0.337 e. The second-order valence-corrected chi connectivity index (χ2v) is 8.74. The van der Waals surface area contributed by atoms with Gasteiger partial charge in [0, 0.05) is 54.6 Å². The van der Waals surface area contributed by atoms with Gasteiger partial charge in [0.1, 0.15) is 0 Å². The van der Waals surface area contributed by atoms with Crippen LogP contribution in [0.15, 0.2) is 22.4 Å². The molecule has 132 valence electrons. The molecule has 0 N–H and O–H groups in total. The van der Waals surface area contributed by atoms with Gasteiger partial charge in [0.2, 0.25) is 5.91 Å². The molecule has 0 aromatic carbocycles. The van der Waals surface area contributed by atoms with Gasteiger partial charge in [-0.25, -0.2) is 4.79 Å². The number of carbonyl (C=O) groups is 2. The molecule has 0 radical (unpaired) electrons. The van der Waals surface area contributed by atoms with E-state index in [0.717, 1.165) is 53.2 Å². The van der Waals surface area contributed by atoms with E-state index in [1.807, 2.05) is 37.4 Å². The zero-order valence-electron chi connectivity index (χ0n) is 14.4. The second kappa shape index (κ2) is 7.44. The molecule has 1 amide bonds. The van der Waals surface area contributed by atoms with Crippen LogP contribution >= 0.6 is 23.5 Å². The van der Waals surface area contributed by atoms with Crippen LogP contribution in [0.25, 0.3) is 0 Å². The number of carbonyl (C=O) groups excluding carboxylic acids is 2. The zero-order chi connectivity index (χ0) is 17.3. The first kappa shape index (κ1) is 17.7. The third kappa shape index (κ3) is 3.61. The van der Waals surface area contributed by atoms with Crippen molar-refractivity contribution in [2.45, 2.75) is 26.9 Å². The van der Waals surface area contributed by atoms with Crippen LogP contribution in [0.5, 0.6) is 0 Å². The molecule has 0 bridgehead atoms. The summed E-state index contributed by atoms with van der Waals surface area (Å²) >= 11 is 3.53. The smallest absolute Gasteiger partial charge is 0.337 e. The van der Waals surface area contributed by atoms with Crippen molar-refractivity contribution in [2.24, 2.45) is 5.92 Å². The minimum absolute atomic E-state index is 0.0954. The van der Waals surface area contributed by atoms with Gasteiger partial charge in [0.25, 0.3) is 0 Å². The molecule has 0 spiro atoms. The van der Waals surface area contributed by atoms with Crippen LogP contribution in [0, 0.1) is 5.92 Å². The lowest BCUT2D eigenvalue weighted by Gasteiger charge is -2.26. The maximum absolute atomic E-state index is 12.5. The van der Waals surface area contributed by atoms with Gasteiger partial charge < -0.3 is 14.5 Å². The number of fused-ring (bicyclic) bond motifs is 1. The van der Waals surface area contributed by atoms with Gasteiger partial charge in [-0.2, -0.15) is 11.8 Å². The van der Waals surface area contributed by atoms with E-state index in [1.165, 1.54) is 0 Å². The lowest BCUT2D eigenvalue weighted by molar-refractivity contribution is -0.143. The highest BCUT2D eigenvalue weighted by molar-refractivity contribution is 8.03. The Morgan fingerprint density at radius 2 is 2.00 bits per heavy atom. The molecule has 3 aliphatic rings. The summed E-state index contributed by atoms with van der Waals surface area (Å²) in [6, 6.07) is 0. The van der Waals surface area contributed by atoms with Crippen LogP contribution in [0.1, 0.15) is 20.8 Å². The number of esters is 1. The Bertz CT molecular complexity index is 595. The van der Waals surface area contributed by atoms with Gasteiger partial charge in [0.15, 0.2) is 0 Å². The molecule has 24 heavy (non-hydrogen) atoms. The third-order valence-electron chi connectivity index (χ3n) is 4.30. The highest BCUT2D eigenvalue weighted by atomic mass is 32.2. The Kier molecular flexibility index (Phi) is 5.49. The van der Waals surface area contributed by atoms with E-state index in [0.29, 0.717) is 0 Å². The molecule has 0 aromatic rings. The van der Waals surface area contributed by atoms with Crippen LogP contribution in [-0.2, 0) is 14.3 Å². The van der Waals surface area contributed by atoms with Gasteiger partial charge in [-0.1, -0.05) is 6.92 Å². The molecule has 3 rings (SSSR count). The summed E-state index contributed by atoms with van der Waals surface area (Å²) < 4.78 is 5.39. The Hall–Kier alpha value is -1.08. The number of hydrogen-bond donors (Lipinski definition) is 0. The number of thioether (sulfide) groups is 2. The monoisotopic (exact) mass is 368 g/mol. The number of hydrogen-bond acceptors (Lipinski definition) is 6. The summed E-state index contributed by atoms with van der Waals surface area (Å²) in [5.41, 5.74) is 1.77. The first-order valence-electron chi connectivity index (χ1n) is 8.40. The van der Waals surface area contributed by atoms with Gasteiger partial charge >= 0.3 is 5.97 Å².